The number of benzene rings is 2. The molecular formula is C24H27NO6. The highest BCUT2D eigenvalue weighted by atomic mass is 16.6. The molecule has 0 aliphatic heterocycles. The quantitative estimate of drug-likeness (QED) is 0.339. The first-order valence-electron chi connectivity index (χ1n) is 9.80. The minimum atomic E-state index is -0.527. The van der Waals surface area contributed by atoms with Gasteiger partial charge in [0.15, 0.2) is 23.0 Å². The fourth-order valence-electron chi connectivity index (χ4n) is 2.71. The van der Waals surface area contributed by atoms with E-state index in [1.807, 2.05) is 33.8 Å². The molecule has 0 unspecified atom stereocenters. The maximum absolute atomic E-state index is 10.8. The normalized spacial score (nSPS) is 10.7. The van der Waals surface area contributed by atoms with Crippen molar-refractivity contribution in [3.8, 4) is 34.8 Å². The largest absolute Gasteiger partial charge is 0.493 e. The number of nitro groups is 1. The molecule has 2 rings (SSSR count). The van der Waals surface area contributed by atoms with E-state index in [-0.39, 0.29) is 12.2 Å². The lowest BCUT2D eigenvalue weighted by Gasteiger charge is -2.15. The van der Waals surface area contributed by atoms with Crippen molar-refractivity contribution >= 4 is 6.08 Å². The Kier molecular flexibility index (Phi) is 8.33. The Balaban J connectivity index is 2.54. The highest BCUT2D eigenvalue weighted by Gasteiger charge is 2.12. The predicted octanol–water partition coefficient (Wildman–Crippen LogP) is 4.93. The van der Waals surface area contributed by atoms with Crippen LogP contribution in [0.15, 0.2) is 36.5 Å². The lowest BCUT2D eigenvalue weighted by atomic mass is 10.1. The molecular weight excluding hydrogens is 398 g/mol. The third-order valence-electron chi connectivity index (χ3n) is 3.94. The first kappa shape index (κ1) is 23.6. The van der Waals surface area contributed by atoms with Crippen LogP contribution in [0.4, 0.5) is 0 Å². The van der Waals surface area contributed by atoms with Gasteiger partial charge >= 0.3 is 0 Å². The molecule has 0 aliphatic carbocycles. The van der Waals surface area contributed by atoms with Crippen molar-refractivity contribution in [3.05, 3.63) is 63.3 Å². The minimum Gasteiger partial charge on any atom is -0.493 e. The predicted molar refractivity (Wildman–Crippen MR) is 120 cm³/mol. The van der Waals surface area contributed by atoms with Crippen LogP contribution in [0.2, 0.25) is 0 Å². The van der Waals surface area contributed by atoms with Gasteiger partial charge in [-0.25, -0.2) is 0 Å². The van der Waals surface area contributed by atoms with E-state index in [1.165, 1.54) is 13.2 Å². The van der Waals surface area contributed by atoms with Crippen molar-refractivity contribution < 1.29 is 23.9 Å². The second-order valence-electron chi connectivity index (χ2n) is 7.14. The Morgan fingerprint density at radius 3 is 2.03 bits per heavy atom. The highest BCUT2D eigenvalue weighted by molar-refractivity contribution is 5.65. The van der Waals surface area contributed by atoms with Crippen molar-refractivity contribution in [2.45, 2.75) is 39.9 Å². The van der Waals surface area contributed by atoms with E-state index in [9.17, 15) is 10.1 Å². The molecule has 7 nitrogen and oxygen atoms in total. The molecule has 0 N–H and O–H groups in total. The summed E-state index contributed by atoms with van der Waals surface area (Å²) in [4.78, 5) is 10.3. The van der Waals surface area contributed by atoms with E-state index in [0.29, 0.717) is 39.7 Å². The van der Waals surface area contributed by atoms with E-state index in [2.05, 4.69) is 11.8 Å². The fourth-order valence-corrected chi connectivity index (χ4v) is 2.71. The Bertz CT molecular complexity index is 1010. The van der Waals surface area contributed by atoms with Gasteiger partial charge < -0.3 is 18.9 Å². The molecule has 0 amide bonds. The molecule has 0 saturated heterocycles. The molecule has 2 aromatic rings. The molecule has 7 heteroatoms. The first-order valence-corrected chi connectivity index (χ1v) is 9.80. The summed E-state index contributed by atoms with van der Waals surface area (Å²) < 4.78 is 22.3. The number of methoxy groups -OCH3 is 2. The van der Waals surface area contributed by atoms with Crippen LogP contribution in [-0.2, 0) is 0 Å². The zero-order valence-electron chi connectivity index (χ0n) is 18.6. The SMILES string of the molecule is COc1ccc(C#Cc2cc(OC(C)C)c(OC)cc2/C=C/[N+](=O)[O-])cc1OC(C)C. The maximum Gasteiger partial charge on any atom is 0.235 e. The topological polar surface area (TPSA) is 80.1 Å². The second-order valence-corrected chi connectivity index (χ2v) is 7.14. The van der Waals surface area contributed by atoms with Crippen LogP contribution in [0.5, 0.6) is 23.0 Å². The standard InChI is InChI=1S/C24H27NO6/c1-16(2)30-23-13-18(8-10-21(23)28-5)7-9-19-15-24(31-17(3)4)22(29-6)14-20(19)11-12-25(26)27/h8,10-17H,1-6H3/b12-11+. The van der Waals surface area contributed by atoms with Gasteiger partial charge in [0.2, 0.25) is 6.20 Å². The molecule has 0 spiro atoms. The monoisotopic (exact) mass is 425 g/mol. The van der Waals surface area contributed by atoms with E-state index >= 15 is 0 Å². The van der Waals surface area contributed by atoms with Crippen molar-refractivity contribution in [1.29, 1.82) is 0 Å². The lowest BCUT2D eigenvalue weighted by molar-refractivity contribution is -0.400. The summed E-state index contributed by atoms with van der Waals surface area (Å²) in [5.41, 5.74) is 1.82. The minimum absolute atomic E-state index is 0.0201. The molecule has 0 aliphatic rings. The van der Waals surface area contributed by atoms with Gasteiger partial charge in [0, 0.05) is 28.8 Å². The molecule has 0 heterocycles. The first-order chi connectivity index (χ1) is 14.7. The van der Waals surface area contributed by atoms with Crippen LogP contribution in [0, 0.1) is 22.0 Å². The Labute approximate surface area is 182 Å². The van der Waals surface area contributed by atoms with Crippen LogP contribution in [0.25, 0.3) is 6.08 Å². The van der Waals surface area contributed by atoms with E-state index in [1.54, 1.807) is 31.4 Å². The average Bonchev–Trinajstić information content (AvgIpc) is 2.70. The summed E-state index contributed by atoms with van der Waals surface area (Å²) in [7, 11) is 3.10. The van der Waals surface area contributed by atoms with Crippen LogP contribution in [0.3, 0.4) is 0 Å². The molecule has 0 saturated carbocycles. The number of rotatable bonds is 8. The molecule has 31 heavy (non-hydrogen) atoms. The smallest absolute Gasteiger partial charge is 0.235 e. The van der Waals surface area contributed by atoms with E-state index < -0.39 is 4.92 Å². The molecule has 0 atom stereocenters. The fraction of sp³-hybridized carbons (Fsp3) is 0.333. The Morgan fingerprint density at radius 1 is 0.871 bits per heavy atom. The number of nitrogens with zero attached hydrogens (tertiary/aromatic N) is 1. The van der Waals surface area contributed by atoms with Gasteiger partial charge in [0.05, 0.1) is 31.4 Å². The summed E-state index contributed by atoms with van der Waals surface area (Å²) in [5.74, 6) is 8.36. The average molecular weight is 425 g/mol. The molecule has 0 bridgehead atoms. The summed E-state index contributed by atoms with van der Waals surface area (Å²) in [6.45, 7) is 7.66. The van der Waals surface area contributed by atoms with Gasteiger partial charge in [-0.1, -0.05) is 11.8 Å². The molecule has 0 radical (unpaired) electrons. The van der Waals surface area contributed by atoms with Crippen molar-refractivity contribution in [3.63, 3.8) is 0 Å². The lowest BCUT2D eigenvalue weighted by Crippen LogP contribution is -2.07. The van der Waals surface area contributed by atoms with E-state index in [0.717, 1.165) is 6.20 Å². The van der Waals surface area contributed by atoms with Gasteiger partial charge in [-0.2, -0.15) is 0 Å². The van der Waals surface area contributed by atoms with E-state index in [4.69, 9.17) is 18.9 Å². The van der Waals surface area contributed by atoms with Gasteiger partial charge in [-0.05, 0) is 52.0 Å². The van der Waals surface area contributed by atoms with Crippen LogP contribution in [0.1, 0.15) is 44.4 Å². The molecule has 0 aromatic heterocycles. The van der Waals surface area contributed by atoms with Crippen molar-refractivity contribution in [2.24, 2.45) is 0 Å². The second kappa shape index (κ2) is 10.9. The number of hydrogen-bond acceptors (Lipinski definition) is 6. The third kappa shape index (κ3) is 6.96. The molecule has 0 fully saturated rings. The summed E-state index contributed by atoms with van der Waals surface area (Å²) in [6.07, 6.45) is 2.15. The highest BCUT2D eigenvalue weighted by Crippen LogP contribution is 2.32. The van der Waals surface area contributed by atoms with Gasteiger partial charge in [0.1, 0.15) is 0 Å². The van der Waals surface area contributed by atoms with Crippen LogP contribution in [-0.4, -0.2) is 31.4 Å². The maximum atomic E-state index is 10.8. The van der Waals surface area contributed by atoms with Gasteiger partial charge in [0.25, 0.3) is 0 Å². The zero-order valence-corrected chi connectivity index (χ0v) is 18.6. The zero-order chi connectivity index (χ0) is 23.0. The number of ether oxygens (including phenoxy) is 4. The Morgan fingerprint density at radius 2 is 1.48 bits per heavy atom. The van der Waals surface area contributed by atoms with Crippen LogP contribution >= 0.6 is 0 Å². The summed E-state index contributed by atoms with van der Waals surface area (Å²) in [6, 6.07) is 8.80. The van der Waals surface area contributed by atoms with Gasteiger partial charge in [-0.3, -0.25) is 10.1 Å². The summed E-state index contributed by atoms with van der Waals surface area (Å²) in [5, 5.41) is 10.8. The van der Waals surface area contributed by atoms with Crippen molar-refractivity contribution in [2.75, 3.05) is 14.2 Å². The van der Waals surface area contributed by atoms with Crippen molar-refractivity contribution in [1.82, 2.24) is 0 Å². The summed E-state index contributed by atoms with van der Waals surface area (Å²) >= 11 is 0. The molecule has 164 valence electrons. The molecule has 2 aromatic carbocycles. The number of hydrogen-bond donors (Lipinski definition) is 0. The van der Waals surface area contributed by atoms with Crippen LogP contribution < -0.4 is 18.9 Å². The Hall–Kier alpha value is -3.66. The third-order valence-corrected chi connectivity index (χ3v) is 3.94. The van der Waals surface area contributed by atoms with Gasteiger partial charge in [-0.15, -0.1) is 0 Å².